The predicted octanol–water partition coefficient (Wildman–Crippen LogP) is 4.76. The molecule has 1 aliphatic heterocycles. The number of likely N-dealkylation sites (tertiary alicyclic amines) is 1. The molecule has 0 aliphatic carbocycles. The molecule has 25 heavy (non-hydrogen) atoms. The lowest BCUT2D eigenvalue weighted by molar-refractivity contribution is 0.0240. The van der Waals surface area contributed by atoms with Gasteiger partial charge in [0, 0.05) is 25.2 Å². The number of rotatable bonds is 4. The highest BCUT2D eigenvalue weighted by Gasteiger charge is 2.28. The fraction of sp³-hybridized carbons (Fsp3) is 0.667. The molecule has 1 amide bonds. The lowest BCUT2D eigenvalue weighted by atomic mass is 9.94. The van der Waals surface area contributed by atoms with Crippen LogP contribution >= 0.6 is 0 Å². The molecule has 4 nitrogen and oxygen atoms in total. The molecular formula is C21H34N2O2. The highest BCUT2D eigenvalue weighted by molar-refractivity contribution is 5.68. The lowest BCUT2D eigenvalue weighted by Gasteiger charge is -2.32. The van der Waals surface area contributed by atoms with Gasteiger partial charge < -0.3 is 15.0 Å². The minimum absolute atomic E-state index is 0.193. The van der Waals surface area contributed by atoms with E-state index in [1.54, 1.807) is 0 Å². The van der Waals surface area contributed by atoms with Crippen molar-refractivity contribution >= 4 is 6.09 Å². The number of hydrogen-bond donors (Lipinski definition) is 1. The van der Waals surface area contributed by atoms with Gasteiger partial charge in [-0.25, -0.2) is 4.79 Å². The molecule has 1 aromatic rings. The summed E-state index contributed by atoms with van der Waals surface area (Å²) in [6.07, 6.45) is 3.07. The van der Waals surface area contributed by atoms with Crippen LogP contribution in [-0.2, 0) is 4.74 Å². The number of amides is 1. The van der Waals surface area contributed by atoms with E-state index in [1.165, 1.54) is 5.56 Å². The summed E-state index contributed by atoms with van der Waals surface area (Å²) in [7, 11) is 0. The molecule has 1 heterocycles. The molecule has 140 valence electrons. The number of carbonyl (C=O) groups is 1. The molecular weight excluding hydrogens is 312 g/mol. The zero-order chi connectivity index (χ0) is 18.4. The first-order chi connectivity index (χ1) is 11.8. The fourth-order valence-electron chi connectivity index (χ4n) is 3.36. The van der Waals surface area contributed by atoms with Crippen LogP contribution in [0.3, 0.4) is 0 Å². The van der Waals surface area contributed by atoms with Gasteiger partial charge in [-0.3, -0.25) is 0 Å². The van der Waals surface area contributed by atoms with Crippen molar-refractivity contribution in [3.05, 3.63) is 35.9 Å². The summed E-state index contributed by atoms with van der Waals surface area (Å²) < 4.78 is 5.58. The second kappa shape index (κ2) is 8.70. The van der Waals surface area contributed by atoms with Crippen molar-refractivity contribution in [2.75, 3.05) is 13.1 Å². The first-order valence-corrected chi connectivity index (χ1v) is 9.55. The Morgan fingerprint density at radius 2 is 1.88 bits per heavy atom. The van der Waals surface area contributed by atoms with E-state index in [0.717, 1.165) is 25.8 Å². The second-order valence-corrected chi connectivity index (χ2v) is 8.42. The average molecular weight is 347 g/mol. The Labute approximate surface area is 152 Å². The maximum Gasteiger partial charge on any atom is 0.410 e. The molecule has 0 aromatic heterocycles. The van der Waals surface area contributed by atoms with Gasteiger partial charge in [0.25, 0.3) is 0 Å². The van der Waals surface area contributed by atoms with Gasteiger partial charge in [-0.1, -0.05) is 50.6 Å². The van der Waals surface area contributed by atoms with Crippen molar-refractivity contribution in [3.63, 3.8) is 0 Å². The fourth-order valence-corrected chi connectivity index (χ4v) is 3.36. The van der Waals surface area contributed by atoms with Crippen LogP contribution in [0.25, 0.3) is 0 Å². The first-order valence-electron chi connectivity index (χ1n) is 9.55. The topological polar surface area (TPSA) is 41.6 Å². The Bertz CT molecular complexity index is 537. The summed E-state index contributed by atoms with van der Waals surface area (Å²) in [5.74, 6) is 0.487. The summed E-state index contributed by atoms with van der Waals surface area (Å²) in [4.78, 5) is 14.4. The molecule has 4 heteroatoms. The average Bonchev–Trinajstić information content (AvgIpc) is 2.77. The van der Waals surface area contributed by atoms with Gasteiger partial charge in [-0.2, -0.15) is 0 Å². The molecule has 1 fully saturated rings. The third-order valence-corrected chi connectivity index (χ3v) is 4.56. The standard InChI is InChI=1S/C21H34N2O2/c1-16(2)19(17-11-7-6-8-12-17)22-18-13-9-10-14-23(15-18)20(24)25-21(3,4)5/h6-8,11-12,16,18-19,22H,9-10,13-15H2,1-5H3. The van der Waals surface area contributed by atoms with Crippen LogP contribution < -0.4 is 5.32 Å². The van der Waals surface area contributed by atoms with E-state index < -0.39 is 5.60 Å². The van der Waals surface area contributed by atoms with Crippen molar-refractivity contribution in [1.29, 1.82) is 0 Å². The number of ether oxygens (including phenoxy) is 1. The summed E-state index contributed by atoms with van der Waals surface area (Å²) >= 11 is 0. The molecule has 2 rings (SSSR count). The third-order valence-electron chi connectivity index (χ3n) is 4.56. The minimum Gasteiger partial charge on any atom is -0.444 e. The van der Waals surface area contributed by atoms with Gasteiger partial charge >= 0.3 is 6.09 Å². The molecule has 2 unspecified atom stereocenters. The summed E-state index contributed by atoms with van der Waals surface area (Å²) in [5, 5.41) is 3.81. The van der Waals surface area contributed by atoms with E-state index in [2.05, 4.69) is 49.5 Å². The van der Waals surface area contributed by atoms with Crippen LogP contribution in [0, 0.1) is 5.92 Å². The van der Waals surface area contributed by atoms with E-state index in [0.29, 0.717) is 24.5 Å². The van der Waals surface area contributed by atoms with Crippen molar-refractivity contribution in [2.24, 2.45) is 5.92 Å². The van der Waals surface area contributed by atoms with Gasteiger partial charge in [0.15, 0.2) is 0 Å². The zero-order valence-corrected chi connectivity index (χ0v) is 16.4. The van der Waals surface area contributed by atoms with E-state index in [9.17, 15) is 4.79 Å². The second-order valence-electron chi connectivity index (χ2n) is 8.42. The van der Waals surface area contributed by atoms with E-state index in [1.807, 2.05) is 25.7 Å². The van der Waals surface area contributed by atoms with Gasteiger partial charge in [0.2, 0.25) is 0 Å². The van der Waals surface area contributed by atoms with Crippen molar-refractivity contribution in [2.45, 2.75) is 71.6 Å². The number of hydrogen-bond acceptors (Lipinski definition) is 3. The van der Waals surface area contributed by atoms with Gasteiger partial charge in [-0.05, 0) is 45.1 Å². The Hall–Kier alpha value is -1.55. The van der Waals surface area contributed by atoms with Gasteiger partial charge in [-0.15, -0.1) is 0 Å². The number of benzene rings is 1. The van der Waals surface area contributed by atoms with E-state index in [-0.39, 0.29) is 6.09 Å². The summed E-state index contributed by atoms with van der Waals surface area (Å²) in [6.45, 7) is 11.7. The Kier molecular flexibility index (Phi) is 6.88. The van der Waals surface area contributed by atoms with E-state index >= 15 is 0 Å². The minimum atomic E-state index is -0.448. The maximum atomic E-state index is 12.5. The van der Waals surface area contributed by atoms with Crippen molar-refractivity contribution < 1.29 is 9.53 Å². The quantitative estimate of drug-likeness (QED) is 0.854. The molecule has 1 saturated heterocycles. The molecule has 1 aliphatic rings. The van der Waals surface area contributed by atoms with E-state index in [4.69, 9.17) is 4.74 Å². The third kappa shape index (κ3) is 6.35. The highest BCUT2D eigenvalue weighted by atomic mass is 16.6. The van der Waals surface area contributed by atoms with Crippen LogP contribution in [-0.4, -0.2) is 35.7 Å². The van der Waals surface area contributed by atoms with Gasteiger partial charge in [0.05, 0.1) is 0 Å². The molecule has 0 spiro atoms. The lowest BCUT2D eigenvalue weighted by Crippen LogP contribution is -2.46. The Morgan fingerprint density at radius 1 is 1.20 bits per heavy atom. The molecule has 2 atom stereocenters. The largest absolute Gasteiger partial charge is 0.444 e. The summed E-state index contributed by atoms with van der Waals surface area (Å²) in [5.41, 5.74) is 0.863. The highest BCUT2D eigenvalue weighted by Crippen LogP contribution is 2.24. The van der Waals surface area contributed by atoms with Crippen LogP contribution in [0.15, 0.2) is 30.3 Å². The summed E-state index contributed by atoms with van der Waals surface area (Å²) in [6, 6.07) is 11.2. The van der Waals surface area contributed by atoms with Crippen LogP contribution in [0.4, 0.5) is 4.79 Å². The number of carbonyl (C=O) groups excluding carboxylic acids is 1. The predicted molar refractivity (Wildman–Crippen MR) is 103 cm³/mol. The maximum absolute atomic E-state index is 12.5. The van der Waals surface area contributed by atoms with Crippen LogP contribution in [0.5, 0.6) is 0 Å². The normalized spacial score (nSPS) is 20.2. The number of nitrogens with zero attached hydrogens (tertiary/aromatic N) is 1. The molecule has 1 aromatic carbocycles. The molecule has 0 saturated carbocycles. The number of nitrogens with one attached hydrogen (secondary N) is 1. The zero-order valence-electron chi connectivity index (χ0n) is 16.4. The molecule has 0 bridgehead atoms. The van der Waals surface area contributed by atoms with Crippen LogP contribution in [0.1, 0.15) is 65.5 Å². The molecule has 1 N–H and O–H groups in total. The Morgan fingerprint density at radius 3 is 2.48 bits per heavy atom. The Balaban J connectivity index is 2.05. The van der Waals surface area contributed by atoms with Crippen LogP contribution in [0.2, 0.25) is 0 Å². The van der Waals surface area contributed by atoms with Gasteiger partial charge in [0.1, 0.15) is 5.60 Å². The smallest absolute Gasteiger partial charge is 0.410 e. The monoisotopic (exact) mass is 346 g/mol. The molecule has 0 radical (unpaired) electrons. The van der Waals surface area contributed by atoms with Crippen molar-refractivity contribution in [1.82, 2.24) is 10.2 Å². The SMILES string of the molecule is CC(C)C(NC1CCCCN(C(=O)OC(C)(C)C)C1)c1ccccc1. The van der Waals surface area contributed by atoms with Crippen molar-refractivity contribution in [3.8, 4) is 0 Å². The first kappa shape index (κ1) is 19.8.